The van der Waals surface area contributed by atoms with Crippen molar-refractivity contribution < 1.29 is 14.7 Å². The third kappa shape index (κ3) is 3.86. The molecule has 1 aromatic rings. The number of rotatable bonds is 5. The molecule has 0 atom stereocenters. The van der Waals surface area contributed by atoms with E-state index < -0.39 is 23.0 Å². The van der Waals surface area contributed by atoms with Crippen LogP contribution in [0.1, 0.15) is 32.6 Å². The zero-order valence-corrected chi connectivity index (χ0v) is 13.5. The summed E-state index contributed by atoms with van der Waals surface area (Å²) in [7, 11) is 0. The van der Waals surface area contributed by atoms with Crippen LogP contribution in [0.5, 0.6) is 0 Å². The molecule has 1 heterocycles. The normalized spacial score (nSPS) is 12.1. The van der Waals surface area contributed by atoms with Crippen LogP contribution in [0.25, 0.3) is 0 Å². The predicted molar refractivity (Wildman–Crippen MR) is 80.2 cm³/mol. The van der Waals surface area contributed by atoms with Gasteiger partial charge in [0.2, 0.25) is 0 Å². The van der Waals surface area contributed by atoms with Crippen molar-refractivity contribution in [2.24, 2.45) is 5.41 Å². The molecule has 0 saturated carbocycles. The van der Waals surface area contributed by atoms with Gasteiger partial charge in [-0.05, 0) is 39.8 Å². The van der Waals surface area contributed by atoms with Crippen molar-refractivity contribution in [1.29, 1.82) is 0 Å². The van der Waals surface area contributed by atoms with E-state index in [4.69, 9.17) is 11.6 Å². The summed E-state index contributed by atoms with van der Waals surface area (Å²) in [6.45, 7) is 6.88. The summed E-state index contributed by atoms with van der Waals surface area (Å²) >= 11 is 7.19. The number of hydrogen-bond acceptors (Lipinski definition) is 3. The molecule has 7 heteroatoms. The molecule has 1 rings (SSSR count). The Hall–Kier alpha value is -1.27. The molecule has 20 heavy (non-hydrogen) atoms. The number of hydrogen-bond donors (Lipinski definition) is 3. The molecule has 1 aromatic heterocycles. The molecule has 0 saturated heterocycles. The first-order valence-electron chi connectivity index (χ1n) is 6.10. The summed E-state index contributed by atoms with van der Waals surface area (Å²) in [5.41, 5.74) is -1.98. The van der Waals surface area contributed by atoms with E-state index in [9.17, 15) is 14.7 Å². The third-order valence-corrected chi connectivity index (χ3v) is 4.81. The molecule has 0 aliphatic carbocycles. The second kappa shape index (κ2) is 6.01. The van der Waals surface area contributed by atoms with Gasteiger partial charge in [-0.2, -0.15) is 0 Å². The van der Waals surface area contributed by atoms with Gasteiger partial charge in [-0.15, -0.1) is 11.3 Å². The summed E-state index contributed by atoms with van der Waals surface area (Å²) in [6.07, 6.45) is 0. The summed E-state index contributed by atoms with van der Waals surface area (Å²) in [4.78, 5) is 24.0. The molecule has 0 aliphatic rings. The maximum Gasteiger partial charge on any atom is 0.315 e. The van der Waals surface area contributed by atoms with E-state index in [0.717, 1.165) is 4.88 Å². The monoisotopic (exact) mass is 318 g/mol. The third-order valence-electron chi connectivity index (χ3n) is 3.58. The highest BCUT2D eigenvalue weighted by Gasteiger charge is 2.44. The van der Waals surface area contributed by atoms with E-state index in [-0.39, 0.29) is 0 Å². The molecular formula is C13H19ClN2O3S. The lowest BCUT2D eigenvalue weighted by Crippen LogP contribution is -2.58. The Balaban J connectivity index is 2.59. The first-order chi connectivity index (χ1) is 9.06. The predicted octanol–water partition coefficient (Wildman–Crippen LogP) is 3.09. The summed E-state index contributed by atoms with van der Waals surface area (Å²) in [5.74, 6) is -0.965. The summed E-state index contributed by atoms with van der Waals surface area (Å²) < 4.78 is 0.662. The van der Waals surface area contributed by atoms with Gasteiger partial charge < -0.3 is 15.7 Å². The summed E-state index contributed by atoms with van der Waals surface area (Å²) in [5, 5.41) is 14.6. The summed E-state index contributed by atoms with van der Waals surface area (Å²) in [6, 6.07) is 3.19. The van der Waals surface area contributed by atoms with Crippen molar-refractivity contribution in [3.63, 3.8) is 0 Å². The average Bonchev–Trinajstić information content (AvgIpc) is 2.71. The van der Waals surface area contributed by atoms with E-state index in [1.807, 2.05) is 6.07 Å². The van der Waals surface area contributed by atoms with Crippen molar-refractivity contribution in [2.45, 2.75) is 39.8 Å². The van der Waals surface area contributed by atoms with Gasteiger partial charge in [-0.1, -0.05) is 11.6 Å². The van der Waals surface area contributed by atoms with Crippen LogP contribution in [0.4, 0.5) is 4.79 Å². The van der Waals surface area contributed by atoms with Crippen LogP contribution in [-0.4, -0.2) is 22.6 Å². The zero-order valence-electron chi connectivity index (χ0n) is 11.9. The molecular weight excluding hydrogens is 300 g/mol. The Labute approximate surface area is 127 Å². The number of nitrogens with one attached hydrogen (secondary N) is 2. The van der Waals surface area contributed by atoms with Crippen LogP contribution in [0.15, 0.2) is 12.1 Å². The van der Waals surface area contributed by atoms with E-state index in [1.165, 1.54) is 11.3 Å². The molecule has 0 spiro atoms. The molecule has 0 radical (unpaired) electrons. The highest BCUT2D eigenvalue weighted by atomic mass is 35.5. The van der Waals surface area contributed by atoms with Crippen LogP contribution in [0.3, 0.4) is 0 Å². The number of carbonyl (C=O) groups excluding carboxylic acids is 1. The van der Waals surface area contributed by atoms with Gasteiger partial charge in [0.25, 0.3) is 0 Å². The molecule has 2 amide bonds. The number of carboxylic acids is 1. The Kier molecular flexibility index (Phi) is 5.05. The molecule has 0 fully saturated rings. The van der Waals surface area contributed by atoms with Crippen LogP contribution in [0, 0.1) is 5.41 Å². The molecule has 3 N–H and O–H groups in total. The van der Waals surface area contributed by atoms with Crippen molar-refractivity contribution in [3.8, 4) is 0 Å². The highest BCUT2D eigenvalue weighted by molar-refractivity contribution is 7.16. The second-order valence-corrected chi connectivity index (χ2v) is 7.37. The van der Waals surface area contributed by atoms with Crippen molar-refractivity contribution >= 4 is 34.9 Å². The molecule has 5 nitrogen and oxygen atoms in total. The van der Waals surface area contributed by atoms with Gasteiger partial charge in [-0.3, -0.25) is 4.79 Å². The maximum atomic E-state index is 11.9. The molecule has 112 valence electrons. The van der Waals surface area contributed by atoms with Gasteiger partial charge >= 0.3 is 12.0 Å². The van der Waals surface area contributed by atoms with Crippen LogP contribution in [-0.2, 0) is 11.3 Å². The fraction of sp³-hybridized carbons (Fsp3) is 0.538. The van der Waals surface area contributed by atoms with Gasteiger partial charge in [0.1, 0.15) is 0 Å². The second-order valence-electron chi connectivity index (χ2n) is 5.57. The first kappa shape index (κ1) is 16.8. The van der Waals surface area contributed by atoms with Crippen LogP contribution < -0.4 is 10.6 Å². The largest absolute Gasteiger partial charge is 0.481 e. The van der Waals surface area contributed by atoms with Crippen molar-refractivity contribution in [3.05, 3.63) is 21.3 Å². The van der Waals surface area contributed by atoms with Crippen molar-refractivity contribution in [2.75, 3.05) is 0 Å². The minimum Gasteiger partial charge on any atom is -0.481 e. The average molecular weight is 319 g/mol. The smallest absolute Gasteiger partial charge is 0.315 e. The van der Waals surface area contributed by atoms with E-state index in [1.54, 1.807) is 33.8 Å². The van der Waals surface area contributed by atoms with Gasteiger partial charge in [0.05, 0.1) is 21.8 Å². The number of carboxylic acid groups (broad SMARTS) is 1. The first-order valence-corrected chi connectivity index (χ1v) is 7.29. The zero-order chi connectivity index (χ0) is 15.6. The maximum absolute atomic E-state index is 11.9. The van der Waals surface area contributed by atoms with Crippen LogP contribution >= 0.6 is 22.9 Å². The number of thiophene rings is 1. The fourth-order valence-electron chi connectivity index (χ4n) is 1.37. The SMILES string of the molecule is CC(C)(NC(=O)NCc1ccc(Cl)s1)C(C)(C)C(=O)O. The molecule has 0 aromatic carbocycles. The lowest BCUT2D eigenvalue weighted by molar-refractivity contribution is -0.150. The van der Waals surface area contributed by atoms with Crippen LogP contribution in [0.2, 0.25) is 4.34 Å². The van der Waals surface area contributed by atoms with E-state index in [2.05, 4.69) is 10.6 Å². The Bertz CT molecular complexity index is 511. The quantitative estimate of drug-likeness (QED) is 0.780. The minimum atomic E-state index is -1.09. The number of halogens is 1. The van der Waals surface area contributed by atoms with E-state index in [0.29, 0.717) is 10.9 Å². The fourth-order valence-corrected chi connectivity index (χ4v) is 2.39. The highest BCUT2D eigenvalue weighted by Crippen LogP contribution is 2.30. The number of carbonyl (C=O) groups is 2. The Morgan fingerprint density at radius 3 is 2.35 bits per heavy atom. The number of aliphatic carboxylic acids is 1. The lowest BCUT2D eigenvalue weighted by Gasteiger charge is -2.38. The molecule has 0 aliphatic heterocycles. The topological polar surface area (TPSA) is 78.4 Å². The number of urea groups is 1. The Morgan fingerprint density at radius 1 is 1.30 bits per heavy atom. The lowest BCUT2D eigenvalue weighted by atomic mass is 9.74. The van der Waals surface area contributed by atoms with Crippen molar-refractivity contribution in [1.82, 2.24) is 10.6 Å². The van der Waals surface area contributed by atoms with E-state index >= 15 is 0 Å². The number of amides is 2. The van der Waals surface area contributed by atoms with Gasteiger partial charge in [0, 0.05) is 4.88 Å². The Morgan fingerprint density at radius 2 is 1.90 bits per heavy atom. The van der Waals surface area contributed by atoms with Gasteiger partial charge in [-0.25, -0.2) is 4.79 Å². The minimum absolute atomic E-state index is 0.354. The molecule has 0 unspecified atom stereocenters. The standard InChI is InChI=1S/C13H19ClN2O3S/c1-12(2,10(17)18)13(3,4)16-11(19)15-7-8-5-6-9(14)20-8/h5-6H,7H2,1-4H3,(H,17,18)(H2,15,16,19). The molecule has 0 bridgehead atoms. The van der Waals surface area contributed by atoms with Gasteiger partial charge in [0.15, 0.2) is 0 Å².